The largest absolute Gasteiger partial charge is 0.354 e. The Kier molecular flexibility index (Phi) is 4.69. The fourth-order valence-corrected chi connectivity index (χ4v) is 1.83. The molecule has 0 aliphatic rings. The fourth-order valence-electron chi connectivity index (χ4n) is 1.83. The zero-order valence-corrected chi connectivity index (χ0v) is 10.7. The highest BCUT2D eigenvalue weighted by Crippen LogP contribution is 2.01. The average molecular weight is 258 g/mol. The number of carbonyl (C=O) groups excluding carboxylic acids is 1. The zero-order valence-electron chi connectivity index (χ0n) is 10.7. The quantitative estimate of drug-likeness (QED) is 0.711. The Bertz CT molecular complexity index is 495. The van der Waals surface area contributed by atoms with E-state index in [1.165, 1.54) is 0 Å². The number of carbonyl (C=O) groups is 1. The lowest BCUT2D eigenvalue weighted by Gasteiger charge is -2.11. The standard InChI is InChI=1S/C14H18N4O/c15-12(10-11-4-2-1-3-5-11)14(19)18-7-6-13-16-8-9-17-13/h1-5,8-9,12H,6-7,10,15H2,(H,16,17)(H,18,19). The molecule has 1 aromatic carbocycles. The third-order valence-corrected chi connectivity index (χ3v) is 2.85. The first-order valence-electron chi connectivity index (χ1n) is 6.31. The van der Waals surface area contributed by atoms with Crippen LogP contribution in [0.15, 0.2) is 42.7 Å². The summed E-state index contributed by atoms with van der Waals surface area (Å²) >= 11 is 0. The Morgan fingerprint density at radius 1 is 1.37 bits per heavy atom. The van der Waals surface area contributed by atoms with Gasteiger partial charge in [0.25, 0.3) is 0 Å². The molecule has 2 rings (SSSR count). The first-order valence-corrected chi connectivity index (χ1v) is 6.31. The predicted octanol–water partition coefficient (Wildman–Crippen LogP) is 0.638. The molecule has 0 saturated heterocycles. The topological polar surface area (TPSA) is 83.8 Å². The van der Waals surface area contributed by atoms with E-state index in [0.717, 1.165) is 11.4 Å². The molecular weight excluding hydrogens is 240 g/mol. The monoisotopic (exact) mass is 258 g/mol. The van der Waals surface area contributed by atoms with Gasteiger partial charge in [0, 0.05) is 25.4 Å². The minimum absolute atomic E-state index is 0.129. The maximum absolute atomic E-state index is 11.8. The maximum Gasteiger partial charge on any atom is 0.237 e. The Balaban J connectivity index is 1.73. The summed E-state index contributed by atoms with van der Waals surface area (Å²) in [5.74, 6) is 0.729. The highest BCUT2D eigenvalue weighted by atomic mass is 16.2. The van der Waals surface area contributed by atoms with Crippen LogP contribution >= 0.6 is 0 Å². The second-order valence-corrected chi connectivity index (χ2v) is 4.37. The molecule has 0 bridgehead atoms. The third-order valence-electron chi connectivity index (χ3n) is 2.85. The van der Waals surface area contributed by atoms with Crippen molar-refractivity contribution in [2.24, 2.45) is 5.73 Å². The number of imidazole rings is 1. The number of nitrogens with zero attached hydrogens (tertiary/aromatic N) is 1. The molecule has 1 heterocycles. The average Bonchev–Trinajstić information content (AvgIpc) is 2.93. The van der Waals surface area contributed by atoms with Crippen molar-refractivity contribution in [1.29, 1.82) is 0 Å². The molecule has 0 aliphatic carbocycles. The summed E-state index contributed by atoms with van der Waals surface area (Å²) in [5, 5.41) is 2.82. The molecule has 1 amide bonds. The number of hydrogen-bond acceptors (Lipinski definition) is 3. The minimum atomic E-state index is -0.515. The number of aromatic amines is 1. The van der Waals surface area contributed by atoms with E-state index in [1.54, 1.807) is 12.4 Å². The van der Waals surface area contributed by atoms with Crippen molar-refractivity contribution in [3.05, 3.63) is 54.1 Å². The van der Waals surface area contributed by atoms with Crippen LogP contribution in [0.5, 0.6) is 0 Å². The SMILES string of the molecule is NC(Cc1ccccc1)C(=O)NCCc1ncc[nH]1. The van der Waals surface area contributed by atoms with Gasteiger partial charge in [-0.1, -0.05) is 30.3 Å². The number of H-pyrrole nitrogens is 1. The lowest BCUT2D eigenvalue weighted by molar-refractivity contribution is -0.122. The summed E-state index contributed by atoms with van der Waals surface area (Å²) in [6, 6.07) is 9.25. The zero-order chi connectivity index (χ0) is 13.5. The van der Waals surface area contributed by atoms with Crippen molar-refractivity contribution < 1.29 is 4.79 Å². The van der Waals surface area contributed by atoms with Crippen LogP contribution in [0.4, 0.5) is 0 Å². The van der Waals surface area contributed by atoms with E-state index in [0.29, 0.717) is 19.4 Å². The van der Waals surface area contributed by atoms with Crippen LogP contribution in [-0.4, -0.2) is 28.5 Å². The number of benzene rings is 1. The van der Waals surface area contributed by atoms with Gasteiger partial charge in [0.05, 0.1) is 6.04 Å². The molecule has 0 saturated carbocycles. The second kappa shape index (κ2) is 6.70. The molecular formula is C14H18N4O. The fraction of sp³-hybridized carbons (Fsp3) is 0.286. The van der Waals surface area contributed by atoms with Crippen molar-refractivity contribution in [3.63, 3.8) is 0 Å². The summed E-state index contributed by atoms with van der Waals surface area (Å²) in [4.78, 5) is 18.9. The molecule has 1 atom stereocenters. The summed E-state index contributed by atoms with van der Waals surface area (Å²) in [6.45, 7) is 0.537. The van der Waals surface area contributed by atoms with Gasteiger partial charge >= 0.3 is 0 Å². The number of nitrogens with two attached hydrogens (primary N) is 1. The Hall–Kier alpha value is -2.14. The Morgan fingerprint density at radius 3 is 2.84 bits per heavy atom. The molecule has 5 heteroatoms. The van der Waals surface area contributed by atoms with Crippen molar-refractivity contribution >= 4 is 5.91 Å². The van der Waals surface area contributed by atoms with Gasteiger partial charge in [0.2, 0.25) is 5.91 Å². The maximum atomic E-state index is 11.8. The van der Waals surface area contributed by atoms with Gasteiger partial charge in [0.1, 0.15) is 5.82 Å². The van der Waals surface area contributed by atoms with Crippen LogP contribution in [0.2, 0.25) is 0 Å². The number of aromatic nitrogens is 2. The van der Waals surface area contributed by atoms with Crippen molar-refractivity contribution in [2.75, 3.05) is 6.54 Å². The van der Waals surface area contributed by atoms with Crippen LogP contribution in [0.1, 0.15) is 11.4 Å². The van der Waals surface area contributed by atoms with Gasteiger partial charge in [0.15, 0.2) is 0 Å². The van der Waals surface area contributed by atoms with Crippen molar-refractivity contribution in [2.45, 2.75) is 18.9 Å². The van der Waals surface area contributed by atoms with Crippen LogP contribution in [0, 0.1) is 0 Å². The molecule has 1 aromatic heterocycles. The molecule has 0 radical (unpaired) electrons. The molecule has 1 unspecified atom stereocenters. The van der Waals surface area contributed by atoms with Gasteiger partial charge in [-0.3, -0.25) is 4.79 Å². The number of rotatable bonds is 6. The van der Waals surface area contributed by atoms with E-state index in [4.69, 9.17) is 5.73 Å². The molecule has 5 nitrogen and oxygen atoms in total. The van der Waals surface area contributed by atoms with Gasteiger partial charge in [-0.05, 0) is 12.0 Å². The predicted molar refractivity (Wildman–Crippen MR) is 73.4 cm³/mol. The number of hydrogen-bond donors (Lipinski definition) is 3. The molecule has 19 heavy (non-hydrogen) atoms. The molecule has 0 fully saturated rings. The van der Waals surface area contributed by atoms with E-state index < -0.39 is 6.04 Å². The highest BCUT2D eigenvalue weighted by Gasteiger charge is 2.13. The van der Waals surface area contributed by atoms with E-state index in [-0.39, 0.29) is 5.91 Å². The van der Waals surface area contributed by atoms with Gasteiger partial charge in [-0.2, -0.15) is 0 Å². The van der Waals surface area contributed by atoms with E-state index in [2.05, 4.69) is 15.3 Å². The molecule has 4 N–H and O–H groups in total. The van der Waals surface area contributed by atoms with Crippen LogP contribution in [0.3, 0.4) is 0 Å². The summed E-state index contributed by atoms with van der Waals surface area (Å²) in [5.41, 5.74) is 6.94. The van der Waals surface area contributed by atoms with Crippen LogP contribution in [-0.2, 0) is 17.6 Å². The normalized spacial score (nSPS) is 12.1. The smallest absolute Gasteiger partial charge is 0.237 e. The number of amides is 1. The Labute approximate surface area is 112 Å². The van der Waals surface area contributed by atoms with Gasteiger partial charge in [-0.25, -0.2) is 4.98 Å². The van der Waals surface area contributed by atoms with E-state index in [1.807, 2.05) is 30.3 Å². The highest BCUT2D eigenvalue weighted by molar-refractivity contribution is 5.81. The molecule has 100 valence electrons. The van der Waals surface area contributed by atoms with Crippen molar-refractivity contribution in [1.82, 2.24) is 15.3 Å². The summed E-state index contributed by atoms with van der Waals surface area (Å²) < 4.78 is 0. The Morgan fingerprint density at radius 2 is 2.16 bits per heavy atom. The summed E-state index contributed by atoms with van der Waals surface area (Å²) in [6.07, 6.45) is 4.68. The van der Waals surface area contributed by atoms with Gasteiger partial charge in [-0.15, -0.1) is 0 Å². The first kappa shape index (κ1) is 13.3. The van der Waals surface area contributed by atoms with E-state index in [9.17, 15) is 4.79 Å². The molecule has 0 aliphatic heterocycles. The molecule has 2 aromatic rings. The lowest BCUT2D eigenvalue weighted by Crippen LogP contribution is -2.42. The molecule has 0 spiro atoms. The third kappa shape index (κ3) is 4.22. The summed E-state index contributed by atoms with van der Waals surface area (Å²) in [7, 11) is 0. The lowest BCUT2D eigenvalue weighted by atomic mass is 10.1. The van der Waals surface area contributed by atoms with Crippen LogP contribution < -0.4 is 11.1 Å². The van der Waals surface area contributed by atoms with E-state index >= 15 is 0 Å². The second-order valence-electron chi connectivity index (χ2n) is 4.37. The minimum Gasteiger partial charge on any atom is -0.354 e. The van der Waals surface area contributed by atoms with Gasteiger partial charge < -0.3 is 16.0 Å². The number of nitrogens with one attached hydrogen (secondary N) is 2. The first-order chi connectivity index (χ1) is 9.25. The van der Waals surface area contributed by atoms with Crippen LogP contribution in [0.25, 0.3) is 0 Å². The van der Waals surface area contributed by atoms with Crippen molar-refractivity contribution in [3.8, 4) is 0 Å².